The van der Waals surface area contributed by atoms with Gasteiger partial charge in [0.25, 0.3) is 11.5 Å². The Kier molecular flexibility index (Phi) is 4.95. The molecule has 1 amide bonds. The summed E-state index contributed by atoms with van der Waals surface area (Å²) in [6.07, 6.45) is 3.36. The molecule has 4 rings (SSSR count). The fourth-order valence-electron chi connectivity index (χ4n) is 4.26. The summed E-state index contributed by atoms with van der Waals surface area (Å²) in [4.78, 5) is 37.3. The van der Waals surface area contributed by atoms with Crippen LogP contribution in [-0.2, 0) is 20.5 Å². The average molecular weight is 422 g/mol. The Labute approximate surface area is 180 Å². The molecule has 162 valence electrons. The van der Waals surface area contributed by atoms with E-state index in [1.165, 1.54) is 30.3 Å². The van der Waals surface area contributed by atoms with E-state index in [9.17, 15) is 14.4 Å². The van der Waals surface area contributed by atoms with Crippen molar-refractivity contribution >= 4 is 5.91 Å². The molecule has 1 N–H and O–H groups in total. The van der Waals surface area contributed by atoms with Gasteiger partial charge >= 0.3 is 5.69 Å². The molecular formula is C23H27N5O3. The van der Waals surface area contributed by atoms with Crippen LogP contribution in [0.3, 0.4) is 0 Å². The zero-order chi connectivity index (χ0) is 22.5. The molecule has 0 radical (unpaired) electrons. The van der Waals surface area contributed by atoms with E-state index in [0.717, 1.165) is 34.4 Å². The predicted molar refractivity (Wildman–Crippen MR) is 118 cm³/mol. The van der Waals surface area contributed by atoms with Crippen molar-refractivity contribution in [3.05, 3.63) is 79.9 Å². The van der Waals surface area contributed by atoms with Crippen molar-refractivity contribution < 1.29 is 4.79 Å². The van der Waals surface area contributed by atoms with Crippen LogP contribution in [0.15, 0.2) is 46.1 Å². The van der Waals surface area contributed by atoms with Crippen molar-refractivity contribution in [1.82, 2.24) is 24.2 Å². The molecule has 2 aromatic heterocycles. The molecule has 1 aromatic carbocycles. The molecule has 1 aliphatic carbocycles. The van der Waals surface area contributed by atoms with Gasteiger partial charge in [0.1, 0.15) is 5.69 Å². The number of hydrogen-bond donors (Lipinski definition) is 1. The smallest absolute Gasteiger partial charge is 0.331 e. The van der Waals surface area contributed by atoms with Crippen LogP contribution in [0.4, 0.5) is 0 Å². The van der Waals surface area contributed by atoms with E-state index < -0.39 is 17.2 Å². The number of nitrogens with zero attached hydrogens (tertiary/aromatic N) is 4. The number of aryl methyl sites for hydroxylation is 1. The van der Waals surface area contributed by atoms with E-state index in [1.54, 1.807) is 6.20 Å². The summed E-state index contributed by atoms with van der Waals surface area (Å²) in [5.74, 6) is -0.450. The van der Waals surface area contributed by atoms with Crippen LogP contribution in [0.2, 0.25) is 0 Å². The first-order chi connectivity index (χ1) is 14.6. The molecule has 0 fully saturated rings. The van der Waals surface area contributed by atoms with Crippen molar-refractivity contribution in [2.75, 3.05) is 0 Å². The lowest BCUT2D eigenvalue weighted by Gasteiger charge is -2.36. The summed E-state index contributed by atoms with van der Waals surface area (Å²) >= 11 is 0. The van der Waals surface area contributed by atoms with Crippen LogP contribution in [-0.4, -0.2) is 24.8 Å². The molecule has 1 aliphatic rings. The van der Waals surface area contributed by atoms with Crippen LogP contribution in [0.5, 0.6) is 0 Å². The number of carbonyl (C=O) groups is 1. The maximum atomic E-state index is 13.0. The molecule has 0 spiro atoms. The first-order valence-electron chi connectivity index (χ1n) is 10.3. The monoisotopic (exact) mass is 421 g/mol. The SMILES string of the molecule is Cc1ccc(-n2ncc3c2CC(C)(C)C[C@H]3NC(=O)c2cc(=O)n(C)c(=O)n2C)cc1. The minimum absolute atomic E-state index is 0.0453. The Hall–Kier alpha value is -3.42. The van der Waals surface area contributed by atoms with Gasteiger partial charge in [-0.1, -0.05) is 31.5 Å². The Morgan fingerprint density at radius 3 is 2.48 bits per heavy atom. The van der Waals surface area contributed by atoms with Gasteiger partial charge in [0.2, 0.25) is 0 Å². The number of rotatable bonds is 3. The van der Waals surface area contributed by atoms with Gasteiger partial charge in [0.05, 0.1) is 23.6 Å². The topological polar surface area (TPSA) is 90.9 Å². The highest BCUT2D eigenvalue weighted by atomic mass is 16.2. The lowest BCUT2D eigenvalue weighted by Crippen LogP contribution is -2.43. The third-order valence-corrected chi connectivity index (χ3v) is 6.02. The van der Waals surface area contributed by atoms with Gasteiger partial charge in [-0.3, -0.25) is 18.7 Å². The van der Waals surface area contributed by atoms with Gasteiger partial charge in [-0.25, -0.2) is 9.48 Å². The van der Waals surface area contributed by atoms with Crippen molar-refractivity contribution in [2.45, 2.75) is 39.7 Å². The van der Waals surface area contributed by atoms with Gasteiger partial charge in [-0.05, 0) is 37.3 Å². The summed E-state index contributed by atoms with van der Waals surface area (Å²) in [6.45, 7) is 6.37. The van der Waals surface area contributed by atoms with Gasteiger partial charge < -0.3 is 5.32 Å². The summed E-state index contributed by atoms with van der Waals surface area (Å²) in [6, 6.07) is 9.09. The molecule has 0 unspecified atom stereocenters. The Morgan fingerprint density at radius 1 is 1.13 bits per heavy atom. The zero-order valence-corrected chi connectivity index (χ0v) is 18.5. The fourth-order valence-corrected chi connectivity index (χ4v) is 4.26. The molecule has 1 atom stereocenters. The van der Waals surface area contributed by atoms with E-state index >= 15 is 0 Å². The number of amides is 1. The van der Waals surface area contributed by atoms with Crippen LogP contribution < -0.4 is 16.6 Å². The maximum Gasteiger partial charge on any atom is 0.331 e. The van der Waals surface area contributed by atoms with Gasteiger partial charge in [-0.15, -0.1) is 0 Å². The molecule has 8 nitrogen and oxygen atoms in total. The molecule has 2 heterocycles. The summed E-state index contributed by atoms with van der Waals surface area (Å²) < 4.78 is 4.11. The Bertz CT molecular complexity index is 1280. The van der Waals surface area contributed by atoms with Gasteiger partial charge in [0, 0.05) is 25.7 Å². The average Bonchev–Trinajstić information content (AvgIpc) is 3.12. The number of carbonyl (C=O) groups excluding carboxylic acids is 1. The number of benzene rings is 1. The van der Waals surface area contributed by atoms with Crippen LogP contribution in [0, 0.1) is 12.3 Å². The van der Waals surface area contributed by atoms with E-state index in [-0.39, 0.29) is 17.2 Å². The predicted octanol–water partition coefficient (Wildman–Crippen LogP) is 2.02. The Balaban J connectivity index is 1.71. The highest BCUT2D eigenvalue weighted by molar-refractivity contribution is 5.92. The van der Waals surface area contributed by atoms with E-state index in [1.807, 2.05) is 35.9 Å². The van der Waals surface area contributed by atoms with Crippen LogP contribution >= 0.6 is 0 Å². The molecule has 3 aromatic rings. The van der Waals surface area contributed by atoms with E-state index in [4.69, 9.17) is 0 Å². The lowest BCUT2D eigenvalue weighted by molar-refractivity contribution is 0.0908. The van der Waals surface area contributed by atoms with Gasteiger partial charge in [-0.2, -0.15) is 5.10 Å². The number of nitrogens with one attached hydrogen (secondary N) is 1. The fraction of sp³-hybridized carbons (Fsp3) is 0.391. The number of hydrogen-bond acceptors (Lipinski definition) is 4. The van der Waals surface area contributed by atoms with Crippen LogP contribution in [0.25, 0.3) is 5.69 Å². The second-order valence-electron chi connectivity index (χ2n) is 9.13. The minimum atomic E-state index is -0.533. The second kappa shape index (κ2) is 7.37. The van der Waals surface area contributed by atoms with Gasteiger partial charge in [0.15, 0.2) is 0 Å². The molecule has 8 heteroatoms. The zero-order valence-electron chi connectivity index (χ0n) is 18.5. The first kappa shape index (κ1) is 20.8. The standard InChI is InChI=1S/C23H27N5O3/c1-14-6-8-15(9-7-14)28-19-12-23(2,3)11-17(16(19)13-24-28)25-21(30)18-10-20(29)27(5)22(31)26(18)4/h6-10,13,17H,11-12H2,1-5H3,(H,25,30)/t17-/m1/s1. The summed E-state index contributed by atoms with van der Waals surface area (Å²) in [5, 5.41) is 7.64. The quantitative estimate of drug-likeness (QED) is 0.701. The highest BCUT2D eigenvalue weighted by Gasteiger charge is 2.36. The number of aromatic nitrogens is 4. The molecular weight excluding hydrogens is 394 g/mol. The lowest BCUT2D eigenvalue weighted by atomic mass is 9.74. The normalized spacial score (nSPS) is 17.3. The van der Waals surface area contributed by atoms with E-state index in [0.29, 0.717) is 0 Å². The van der Waals surface area contributed by atoms with E-state index in [2.05, 4.69) is 24.3 Å². The van der Waals surface area contributed by atoms with Crippen molar-refractivity contribution in [3.8, 4) is 5.69 Å². The summed E-state index contributed by atoms with van der Waals surface area (Å²) in [7, 11) is 2.88. The maximum absolute atomic E-state index is 13.0. The molecule has 0 saturated carbocycles. The first-order valence-corrected chi connectivity index (χ1v) is 10.3. The Morgan fingerprint density at radius 2 is 1.81 bits per heavy atom. The van der Waals surface area contributed by atoms with Crippen molar-refractivity contribution in [1.29, 1.82) is 0 Å². The number of fused-ring (bicyclic) bond motifs is 1. The molecule has 31 heavy (non-hydrogen) atoms. The van der Waals surface area contributed by atoms with Crippen molar-refractivity contribution in [2.24, 2.45) is 19.5 Å². The molecule has 0 bridgehead atoms. The largest absolute Gasteiger partial charge is 0.344 e. The molecule has 0 saturated heterocycles. The van der Waals surface area contributed by atoms with Crippen LogP contribution in [0.1, 0.15) is 53.6 Å². The summed E-state index contributed by atoms with van der Waals surface area (Å²) in [5.41, 5.74) is 3.11. The molecule has 0 aliphatic heterocycles. The second-order valence-corrected chi connectivity index (χ2v) is 9.13. The third-order valence-electron chi connectivity index (χ3n) is 6.02. The minimum Gasteiger partial charge on any atom is -0.344 e. The highest BCUT2D eigenvalue weighted by Crippen LogP contribution is 2.41. The van der Waals surface area contributed by atoms with Crippen molar-refractivity contribution in [3.63, 3.8) is 0 Å². The third kappa shape index (κ3) is 3.73.